The Hall–Kier alpha value is -0.450. The minimum Gasteiger partial charge on any atom is -0.310 e. The van der Waals surface area contributed by atoms with Crippen molar-refractivity contribution >= 4 is 11.3 Å². The lowest BCUT2D eigenvalue weighted by Crippen LogP contribution is -2.54. The van der Waals surface area contributed by atoms with E-state index < -0.39 is 0 Å². The Bertz CT molecular complexity index is 382. The third kappa shape index (κ3) is 3.01. The third-order valence-corrected chi connectivity index (χ3v) is 5.78. The first kappa shape index (κ1) is 14.9. The van der Waals surface area contributed by atoms with Crippen LogP contribution in [0.1, 0.15) is 52.0 Å². The van der Waals surface area contributed by atoms with Crippen LogP contribution in [0.4, 0.5) is 0 Å². The fourth-order valence-corrected chi connectivity index (χ4v) is 3.78. The van der Waals surface area contributed by atoms with Gasteiger partial charge in [0.15, 0.2) is 0 Å². The van der Waals surface area contributed by atoms with Gasteiger partial charge in [0.05, 0.1) is 5.54 Å². The van der Waals surface area contributed by atoms with Crippen molar-refractivity contribution in [3.8, 4) is 0 Å². The van der Waals surface area contributed by atoms with Crippen molar-refractivity contribution in [2.75, 3.05) is 19.6 Å². The fraction of sp³-hybridized carbons (Fsp3) is 0.800. The average molecular weight is 281 g/mol. The second-order valence-corrected chi connectivity index (χ2v) is 6.98. The molecule has 0 unspecified atom stereocenters. The van der Waals surface area contributed by atoms with Gasteiger partial charge in [-0.1, -0.05) is 13.8 Å². The minimum atomic E-state index is 0.0375. The van der Waals surface area contributed by atoms with Gasteiger partial charge in [-0.2, -0.15) is 0 Å². The molecule has 0 saturated carbocycles. The maximum Gasteiger partial charge on any atom is 0.112 e. The maximum absolute atomic E-state index is 4.55. The normalized spacial score (nSPS) is 21.3. The number of nitrogens with one attached hydrogen (secondary N) is 1. The Morgan fingerprint density at radius 1 is 1.42 bits per heavy atom. The Balaban J connectivity index is 2.23. The molecule has 2 heterocycles. The van der Waals surface area contributed by atoms with Crippen LogP contribution < -0.4 is 5.32 Å². The molecule has 0 amide bonds. The molecule has 0 atom stereocenters. The molecule has 1 fully saturated rings. The van der Waals surface area contributed by atoms with Crippen LogP contribution in [-0.2, 0) is 5.54 Å². The van der Waals surface area contributed by atoms with Crippen molar-refractivity contribution in [3.63, 3.8) is 0 Å². The molecule has 0 bridgehead atoms. The summed E-state index contributed by atoms with van der Waals surface area (Å²) in [6, 6.07) is 0. The average Bonchev–Trinajstić information content (AvgIpc) is 2.86. The van der Waals surface area contributed by atoms with Crippen LogP contribution >= 0.6 is 11.3 Å². The minimum absolute atomic E-state index is 0.0375. The van der Waals surface area contributed by atoms with Crippen molar-refractivity contribution in [2.24, 2.45) is 0 Å². The van der Waals surface area contributed by atoms with Crippen LogP contribution in [-0.4, -0.2) is 35.1 Å². The summed E-state index contributed by atoms with van der Waals surface area (Å²) >= 11 is 1.77. The Morgan fingerprint density at radius 2 is 2.16 bits per heavy atom. The van der Waals surface area contributed by atoms with Gasteiger partial charge in [0, 0.05) is 30.2 Å². The lowest BCUT2D eigenvalue weighted by Gasteiger charge is -2.42. The molecule has 0 aliphatic carbocycles. The Labute approximate surface area is 121 Å². The Kier molecular flexibility index (Phi) is 4.64. The molecule has 1 aromatic heterocycles. The second kappa shape index (κ2) is 5.90. The molecule has 1 saturated heterocycles. The van der Waals surface area contributed by atoms with Gasteiger partial charge >= 0.3 is 0 Å². The van der Waals surface area contributed by atoms with Crippen molar-refractivity contribution in [3.05, 3.63) is 16.6 Å². The first-order valence-corrected chi connectivity index (χ1v) is 8.32. The molecule has 0 aromatic carbocycles. The summed E-state index contributed by atoms with van der Waals surface area (Å²) in [5, 5.41) is 7.10. The van der Waals surface area contributed by atoms with Crippen LogP contribution in [0.2, 0.25) is 0 Å². The van der Waals surface area contributed by atoms with Crippen LogP contribution in [0, 0.1) is 0 Å². The van der Waals surface area contributed by atoms with E-state index in [4.69, 9.17) is 0 Å². The number of nitrogens with zero attached hydrogens (tertiary/aromatic N) is 2. The summed E-state index contributed by atoms with van der Waals surface area (Å²) in [5.41, 5.74) is 0.306. The predicted molar refractivity (Wildman–Crippen MR) is 82.6 cm³/mol. The van der Waals surface area contributed by atoms with Crippen LogP contribution in [0.15, 0.2) is 11.6 Å². The highest BCUT2D eigenvalue weighted by atomic mass is 32.1. The highest BCUT2D eigenvalue weighted by Crippen LogP contribution is 2.33. The number of aromatic nitrogens is 1. The van der Waals surface area contributed by atoms with Gasteiger partial charge in [0.1, 0.15) is 5.01 Å². The molecule has 108 valence electrons. The molecule has 0 spiro atoms. The van der Waals surface area contributed by atoms with Gasteiger partial charge in [-0.3, -0.25) is 4.90 Å². The zero-order valence-corrected chi connectivity index (χ0v) is 13.5. The lowest BCUT2D eigenvalue weighted by atomic mass is 9.90. The van der Waals surface area contributed by atoms with Gasteiger partial charge < -0.3 is 5.32 Å². The van der Waals surface area contributed by atoms with E-state index in [0.717, 1.165) is 19.6 Å². The standard InChI is InChI=1S/C15H27N3S/c1-5-15(6-2)12-18(10-7-8-17-15)14(3,4)13-16-9-11-19-13/h9,11,17H,5-8,10,12H2,1-4H3. The van der Waals surface area contributed by atoms with Gasteiger partial charge in [-0.05, 0) is 39.7 Å². The van der Waals surface area contributed by atoms with Gasteiger partial charge in [0.25, 0.3) is 0 Å². The summed E-state index contributed by atoms with van der Waals surface area (Å²) in [7, 11) is 0. The summed E-state index contributed by atoms with van der Waals surface area (Å²) in [6.45, 7) is 12.6. The molecule has 3 nitrogen and oxygen atoms in total. The summed E-state index contributed by atoms with van der Waals surface area (Å²) < 4.78 is 0. The van der Waals surface area contributed by atoms with Gasteiger partial charge in [0.2, 0.25) is 0 Å². The topological polar surface area (TPSA) is 28.2 Å². The molecule has 1 aromatic rings. The highest BCUT2D eigenvalue weighted by Gasteiger charge is 2.38. The largest absolute Gasteiger partial charge is 0.310 e. The van der Waals surface area contributed by atoms with E-state index in [2.05, 4.69) is 48.3 Å². The molecular formula is C15H27N3S. The van der Waals surface area contributed by atoms with E-state index in [0.29, 0.717) is 0 Å². The molecule has 0 radical (unpaired) electrons. The number of rotatable bonds is 4. The highest BCUT2D eigenvalue weighted by molar-refractivity contribution is 7.09. The number of hydrogen-bond donors (Lipinski definition) is 1. The molecule has 1 aliphatic heterocycles. The van der Waals surface area contributed by atoms with Crippen molar-refractivity contribution in [1.29, 1.82) is 0 Å². The predicted octanol–water partition coefficient (Wildman–Crippen LogP) is 3.23. The molecule has 1 aliphatic rings. The van der Waals surface area contributed by atoms with E-state index in [1.54, 1.807) is 11.3 Å². The number of thiazole rings is 1. The van der Waals surface area contributed by atoms with E-state index in [1.165, 1.54) is 24.3 Å². The monoisotopic (exact) mass is 281 g/mol. The van der Waals surface area contributed by atoms with E-state index in [9.17, 15) is 0 Å². The summed E-state index contributed by atoms with van der Waals surface area (Å²) in [6.07, 6.45) is 5.52. The fourth-order valence-electron chi connectivity index (χ4n) is 2.99. The zero-order chi connectivity index (χ0) is 13.9. The molecule has 2 rings (SSSR count). The molecular weight excluding hydrogens is 254 g/mol. The first-order chi connectivity index (χ1) is 9.04. The number of hydrogen-bond acceptors (Lipinski definition) is 4. The Morgan fingerprint density at radius 3 is 2.74 bits per heavy atom. The first-order valence-electron chi connectivity index (χ1n) is 7.44. The molecule has 19 heavy (non-hydrogen) atoms. The van der Waals surface area contributed by atoms with Crippen LogP contribution in [0.25, 0.3) is 0 Å². The van der Waals surface area contributed by atoms with Gasteiger partial charge in [-0.15, -0.1) is 11.3 Å². The second-order valence-electron chi connectivity index (χ2n) is 6.09. The van der Waals surface area contributed by atoms with Crippen molar-refractivity contribution in [1.82, 2.24) is 15.2 Å². The molecule has 4 heteroatoms. The summed E-state index contributed by atoms with van der Waals surface area (Å²) in [5.74, 6) is 0. The maximum atomic E-state index is 4.55. The smallest absolute Gasteiger partial charge is 0.112 e. The van der Waals surface area contributed by atoms with E-state index >= 15 is 0 Å². The lowest BCUT2D eigenvalue weighted by molar-refractivity contribution is 0.0878. The van der Waals surface area contributed by atoms with Crippen molar-refractivity contribution in [2.45, 2.75) is 58.0 Å². The summed E-state index contributed by atoms with van der Waals surface area (Å²) in [4.78, 5) is 7.17. The third-order valence-electron chi connectivity index (χ3n) is 4.70. The van der Waals surface area contributed by atoms with Crippen LogP contribution in [0.5, 0.6) is 0 Å². The quantitative estimate of drug-likeness (QED) is 0.918. The van der Waals surface area contributed by atoms with Crippen LogP contribution in [0.3, 0.4) is 0 Å². The zero-order valence-electron chi connectivity index (χ0n) is 12.7. The van der Waals surface area contributed by atoms with Crippen molar-refractivity contribution < 1.29 is 0 Å². The SMILES string of the molecule is CCC1(CC)CN(C(C)(C)c2nccs2)CCCN1. The molecule has 1 N–H and O–H groups in total. The van der Waals surface area contributed by atoms with Gasteiger partial charge in [-0.25, -0.2) is 4.98 Å². The van der Waals surface area contributed by atoms with E-state index in [1.807, 2.05) is 6.20 Å². The van der Waals surface area contributed by atoms with E-state index in [-0.39, 0.29) is 11.1 Å².